The van der Waals surface area contributed by atoms with E-state index in [0.717, 1.165) is 15.2 Å². The third-order valence-electron chi connectivity index (χ3n) is 5.83. The number of Topliss-reactive ketones (excluding diaryl/α,β-unsaturated/α-hetero) is 1. The minimum Gasteiger partial charge on any atom is -0.454 e. The summed E-state index contributed by atoms with van der Waals surface area (Å²) in [6.07, 6.45) is 0. The Morgan fingerprint density at radius 2 is 1.82 bits per heavy atom. The number of benzene rings is 2. The van der Waals surface area contributed by atoms with Crippen LogP contribution >= 0.6 is 0 Å². The molecule has 180 valence electrons. The quantitative estimate of drug-likeness (QED) is 0.405. The lowest BCUT2D eigenvalue weighted by Gasteiger charge is -2.30. The van der Waals surface area contributed by atoms with Gasteiger partial charge in [-0.2, -0.15) is 0 Å². The standard InChI is InChI=1S/C24H27N3O6S/c1-16-23(18-6-4-5-7-20(18)25-16)22(28)15-33-24(29)19-14-17(34(30,31)26(2)3)8-9-21(19)27-10-12-32-13-11-27/h4-9,14,25H,10-13,15H2,1-3H3. The van der Waals surface area contributed by atoms with Gasteiger partial charge in [-0.1, -0.05) is 18.2 Å². The van der Waals surface area contributed by atoms with Crippen LogP contribution in [0, 0.1) is 6.92 Å². The number of aromatic nitrogens is 1. The first-order valence-electron chi connectivity index (χ1n) is 10.9. The van der Waals surface area contributed by atoms with Crippen molar-refractivity contribution in [2.75, 3.05) is 51.9 Å². The average molecular weight is 486 g/mol. The Morgan fingerprint density at radius 3 is 2.53 bits per heavy atom. The monoisotopic (exact) mass is 485 g/mol. The van der Waals surface area contributed by atoms with E-state index < -0.39 is 22.6 Å². The third-order valence-corrected chi connectivity index (χ3v) is 7.64. The lowest BCUT2D eigenvalue weighted by molar-refractivity contribution is 0.0474. The number of ketones is 1. The molecule has 3 aromatic rings. The molecule has 0 bridgehead atoms. The fourth-order valence-electron chi connectivity index (χ4n) is 4.05. The molecule has 0 unspecified atom stereocenters. The van der Waals surface area contributed by atoms with E-state index in [4.69, 9.17) is 9.47 Å². The molecule has 0 spiro atoms. The number of sulfonamides is 1. The van der Waals surface area contributed by atoms with Crippen molar-refractivity contribution >= 4 is 38.4 Å². The number of carbonyl (C=O) groups is 2. The van der Waals surface area contributed by atoms with Gasteiger partial charge in [0, 0.05) is 49.3 Å². The normalized spacial score (nSPS) is 14.5. The zero-order valence-electron chi connectivity index (χ0n) is 19.3. The number of ether oxygens (including phenoxy) is 2. The van der Waals surface area contributed by atoms with Crippen molar-refractivity contribution in [1.82, 2.24) is 9.29 Å². The van der Waals surface area contributed by atoms with E-state index in [-0.39, 0.29) is 16.2 Å². The van der Waals surface area contributed by atoms with E-state index in [1.165, 1.54) is 26.2 Å². The van der Waals surface area contributed by atoms with Gasteiger partial charge >= 0.3 is 5.97 Å². The van der Waals surface area contributed by atoms with Crippen LogP contribution in [0.25, 0.3) is 10.9 Å². The highest BCUT2D eigenvalue weighted by Gasteiger charge is 2.26. The fraction of sp³-hybridized carbons (Fsp3) is 0.333. The summed E-state index contributed by atoms with van der Waals surface area (Å²) in [6, 6.07) is 11.8. The number of aryl methyl sites for hydroxylation is 1. The Hall–Kier alpha value is -3.21. The predicted molar refractivity (Wildman–Crippen MR) is 128 cm³/mol. The van der Waals surface area contributed by atoms with Crippen LogP contribution in [0.2, 0.25) is 0 Å². The maximum absolute atomic E-state index is 13.1. The number of esters is 1. The van der Waals surface area contributed by atoms with Crippen LogP contribution in [0.15, 0.2) is 47.4 Å². The Labute approximate surface area is 198 Å². The van der Waals surface area contributed by atoms with Crippen molar-refractivity contribution in [1.29, 1.82) is 0 Å². The third kappa shape index (κ3) is 4.56. The molecule has 1 fully saturated rings. The van der Waals surface area contributed by atoms with Crippen molar-refractivity contribution < 1.29 is 27.5 Å². The molecule has 1 aromatic heterocycles. The summed E-state index contributed by atoms with van der Waals surface area (Å²) in [5.41, 5.74) is 2.62. The fourth-order valence-corrected chi connectivity index (χ4v) is 4.98. The van der Waals surface area contributed by atoms with E-state index in [0.29, 0.717) is 43.2 Å². The van der Waals surface area contributed by atoms with Crippen LogP contribution < -0.4 is 4.90 Å². The largest absolute Gasteiger partial charge is 0.454 e. The maximum atomic E-state index is 13.1. The first kappa shape index (κ1) is 23.9. The maximum Gasteiger partial charge on any atom is 0.340 e. The van der Waals surface area contributed by atoms with Gasteiger partial charge in [-0.05, 0) is 31.2 Å². The van der Waals surface area contributed by atoms with Crippen molar-refractivity contribution in [2.45, 2.75) is 11.8 Å². The SMILES string of the molecule is Cc1[nH]c2ccccc2c1C(=O)COC(=O)c1cc(S(=O)(=O)N(C)C)ccc1N1CCOCC1. The molecule has 1 aliphatic heterocycles. The summed E-state index contributed by atoms with van der Waals surface area (Å²) < 4.78 is 37.2. The molecule has 34 heavy (non-hydrogen) atoms. The van der Waals surface area contributed by atoms with Gasteiger partial charge in [0.15, 0.2) is 6.61 Å². The number of aromatic amines is 1. The van der Waals surface area contributed by atoms with Gasteiger partial charge in [-0.25, -0.2) is 17.5 Å². The number of anilines is 1. The molecule has 1 saturated heterocycles. The molecule has 1 N–H and O–H groups in total. The van der Waals surface area contributed by atoms with E-state index in [1.54, 1.807) is 13.0 Å². The van der Waals surface area contributed by atoms with Crippen LogP contribution in [-0.2, 0) is 19.5 Å². The summed E-state index contributed by atoms with van der Waals surface area (Å²) in [4.78, 5) is 31.2. The van der Waals surface area contributed by atoms with Crippen LogP contribution in [0.4, 0.5) is 5.69 Å². The smallest absolute Gasteiger partial charge is 0.340 e. The van der Waals surface area contributed by atoms with Crippen LogP contribution in [-0.4, -0.2) is 76.5 Å². The molecule has 0 radical (unpaired) electrons. The van der Waals surface area contributed by atoms with Gasteiger partial charge in [0.2, 0.25) is 15.8 Å². The molecular formula is C24H27N3O6S. The number of para-hydroxylation sites is 1. The number of nitrogens with zero attached hydrogens (tertiary/aromatic N) is 2. The number of H-pyrrole nitrogens is 1. The topological polar surface area (TPSA) is 109 Å². The van der Waals surface area contributed by atoms with Gasteiger partial charge in [0.1, 0.15) is 0 Å². The van der Waals surface area contributed by atoms with Gasteiger partial charge in [0.25, 0.3) is 0 Å². The van der Waals surface area contributed by atoms with E-state index in [2.05, 4.69) is 4.98 Å². The first-order valence-corrected chi connectivity index (χ1v) is 12.3. The van der Waals surface area contributed by atoms with Crippen LogP contribution in [0.3, 0.4) is 0 Å². The molecule has 9 nitrogen and oxygen atoms in total. The molecule has 2 aromatic carbocycles. The second kappa shape index (κ2) is 9.57. The Morgan fingerprint density at radius 1 is 1.12 bits per heavy atom. The Kier molecular flexibility index (Phi) is 6.74. The lowest BCUT2D eigenvalue weighted by Crippen LogP contribution is -2.37. The second-order valence-corrected chi connectivity index (χ2v) is 10.4. The number of fused-ring (bicyclic) bond motifs is 1. The summed E-state index contributed by atoms with van der Waals surface area (Å²) in [5, 5.41) is 0.758. The first-order chi connectivity index (χ1) is 16.2. The van der Waals surface area contributed by atoms with Crippen LogP contribution in [0.5, 0.6) is 0 Å². The highest BCUT2D eigenvalue weighted by Crippen LogP contribution is 2.28. The van der Waals surface area contributed by atoms with Gasteiger partial charge in [0.05, 0.1) is 29.4 Å². The lowest BCUT2D eigenvalue weighted by atomic mass is 10.1. The number of hydrogen-bond donors (Lipinski definition) is 1. The Bertz CT molecular complexity index is 1340. The van der Waals surface area contributed by atoms with Gasteiger partial charge in [-0.3, -0.25) is 4.79 Å². The predicted octanol–water partition coefficient (Wildman–Crippen LogP) is 2.60. The van der Waals surface area contributed by atoms with Gasteiger partial charge < -0.3 is 19.4 Å². The molecule has 0 saturated carbocycles. The zero-order valence-corrected chi connectivity index (χ0v) is 20.1. The average Bonchev–Trinajstić information content (AvgIpc) is 3.18. The molecule has 10 heteroatoms. The molecule has 0 atom stereocenters. The van der Waals surface area contributed by atoms with E-state index in [1.807, 2.05) is 29.2 Å². The van der Waals surface area contributed by atoms with Crippen molar-refractivity contribution in [3.05, 3.63) is 59.3 Å². The number of rotatable bonds is 7. The van der Waals surface area contributed by atoms with Crippen molar-refractivity contribution in [3.63, 3.8) is 0 Å². The molecule has 2 heterocycles. The van der Waals surface area contributed by atoms with Crippen molar-refractivity contribution in [3.8, 4) is 0 Å². The Balaban J connectivity index is 1.62. The van der Waals surface area contributed by atoms with E-state index in [9.17, 15) is 18.0 Å². The highest BCUT2D eigenvalue weighted by atomic mass is 32.2. The molecule has 0 amide bonds. The number of morpholine rings is 1. The minimum absolute atomic E-state index is 0.0275. The molecule has 1 aliphatic rings. The summed E-state index contributed by atoms with van der Waals surface area (Å²) in [7, 11) is -0.922. The molecule has 0 aliphatic carbocycles. The summed E-state index contributed by atoms with van der Waals surface area (Å²) in [6.45, 7) is 3.41. The summed E-state index contributed by atoms with van der Waals surface area (Å²) in [5.74, 6) is -1.10. The molecule has 4 rings (SSSR count). The number of carbonyl (C=O) groups excluding carboxylic acids is 2. The van der Waals surface area contributed by atoms with Crippen LogP contribution in [0.1, 0.15) is 26.4 Å². The summed E-state index contributed by atoms with van der Waals surface area (Å²) >= 11 is 0. The van der Waals surface area contributed by atoms with E-state index >= 15 is 0 Å². The van der Waals surface area contributed by atoms with Gasteiger partial charge in [-0.15, -0.1) is 0 Å². The second-order valence-electron chi connectivity index (χ2n) is 8.24. The molecular weight excluding hydrogens is 458 g/mol. The number of nitrogens with one attached hydrogen (secondary N) is 1. The number of hydrogen-bond acceptors (Lipinski definition) is 7. The highest BCUT2D eigenvalue weighted by molar-refractivity contribution is 7.89. The zero-order chi connectivity index (χ0) is 24.5. The minimum atomic E-state index is -3.77. The van der Waals surface area contributed by atoms with Crippen molar-refractivity contribution in [2.24, 2.45) is 0 Å².